The van der Waals surface area contributed by atoms with Crippen LogP contribution in [0, 0.1) is 12.3 Å². The molecule has 0 atom stereocenters. The molecule has 0 saturated heterocycles. The molecule has 0 bridgehead atoms. The van der Waals surface area contributed by atoms with E-state index in [4.69, 9.17) is 5.41 Å². The molecule has 0 saturated carbocycles. The summed E-state index contributed by atoms with van der Waals surface area (Å²) in [5, 5.41) is 10.8. The van der Waals surface area contributed by atoms with Crippen molar-refractivity contribution >= 4 is 33.2 Å². The van der Waals surface area contributed by atoms with Gasteiger partial charge in [0.2, 0.25) is 0 Å². The molecule has 0 radical (unpaired) electrons. The number of amides is 1. The van der Waals surface area contributed by atoms with Crippen molar-refractivity contribution in [3.8, 4) is 0 Å². The number of aryl methyl sites for hydroxylation is 2. The average molecular weight is 343 g/mol. The third-order valence-electron chi connectivity index (χ3n) is 3.77. The fourth-order valence-corrected chi connectivity index (χ4v) is 3.10. The lowest BCUT2D eigenvalue weighted by Gasteiger charge is -2.09. The zero-order valence-electron chi connectivity index (χ0n) is 11.7. The van der Waals surface area contributed by atoms with Crippen LogP contribution in [-0.2, 0) is 6.42 Å². The van der Waals surface area contributed by atoms with Crippen LogP contribution in [-0.4, -0.2) is 11.6 Å². The van der Waals surface area contributed by atoms with E-state index in [1.165, 1.54) is 5.56 Å². The summed E-state index contributed by atoms with van der Waals surface area (Å²) in [6, 6.07) is 11.4. The minimum atomic E-state index is -0.121. The fourth-order valence-electron chi connectivity index (χ4n) is 2.63. The lowest BCUT2D eigenvalue weighted by atomic mass is 10.1. The number of carbonyl (C=O) groups excluding carboxylic acids is 1. The lowest BCUT2D eigenvalue weighted by molar-refractivity contribution is 0.102. The number of nitrogens with one attached hydrogen (secondary N) is 2. The van der Waals surface area contributed by atoms with Crippen molar-refractivity contribution in [2.75, 3.05) is 5.32 Å². The van der Waals surface area contributed by atoms with Crippen molar-refractivity contribution in [1.82, 2.24) is 0 Å². The van der Waals surface area contributed by atoms with Gasteiger partial charge in [-0.3, -0.25) is 4.79 Å². The van der Waals surface area contributed by atoms with Crippen molar-refractivity contribution in [2.24, 2.45) is 0 Å². The van der Waals surface area contributed by atoms with E-state index >= 15 is 0 Å². The van der Waals surface area contributed by atoms with Crippen LogP contribution < -0.4 is 5.32 Å². The van der Waals surface area contributed by atoms with E-state index in [9.17, 15) is 4.79 Å². The molecule has 1 aliphatic rings. The number of anilines is 1. The highest BCUT2D eigenvalue weighted by Crippen LogP contribution is 2.25. The summed E-state index contributed by atoms with van der Waals surface area (Å²) in [4.78, 5) is 12.3. The highest BCUT2D eigenvalue weighted by Gasteiger charge is 2.17. The SMILES string of the molecule is Cc1cc(Br)ccc1C(=O)Nc1ccc2c(c1)C(=N)CC2. The maximum absolute atomic E-state index is 12.3. The van der Waals surface area contributed by atoms with Gasteiger partial charge in [0.25, 0.3) is 5.91 Å². The molecule has 0 spiro atoms. The monoisotopic (exact) mass is 342 g/mol. The molecule has 0 heterocycles. The summed E-state index contributed by atoms with van der Waals surface area (Å²) in [7, 11) is 0. The summed E-state index contributed by atoms with van der Waals surface area (Å²) in [6.07, 6.45) is 1.72. The second-order valence-electron chi connectivity index (χ2n) is 5.26. The summed E-state index contributed by atoms with van der Waals surface area (Å²) in [6.45, 7) is 1.91. The van der Waals surface area contributed by atoms with Gasteiger partial charge in [0.1, 0.15) is 0 Å². The Hall–Kier alpha value is -1.94. The number of benzene rings is 2. The molecule has 3 rings (SSSR count). The normalized spacial score (nSPS) is 13.1. The zero-order chi connectivity index (χ0) is 15.0. The number of fused-ring (bicyclic) bond motifs is 1. The molecule has 21 heavy (non-hydrogen) atoms. The van der Waals surface area contributed by atoms with Gasteiger partial charge in [0.15, 0.2) is 0 Å². The summed E-state index contributed by atoms with van der Waals surface area (Å²) < 4.78 is 0.961. The Morgan fingerprint density at radius 3 is 2.76 bits per heavy atom. The largest absolute Gasteiger partial charge is 0.322 e. The first-order valence-corrected chi connectivity index (χ1v) is 7.62. The fraction of sp³-hybridized carbons (Fsp3) is 0.176. The van der Waals surface area contributed by atoms with Crippen molar-refractivity contribution < 1.29 is 4.79 Å². The number of hydrogen-bond donors (Lipinski definition) is 2. The van der Waals surface area contributed by atoms with Crippen LogP contribution in [0.4, 0.5) is 5.69 Å². The summed E-state index contributed by atoms with van der Waals surface area (Å²) >= 11 is 3.40. The van der Waals surface area contributed by atoms with E-state index in [1.807, 2.05) is 43.3 Å². The topological polar surface area (TPSA) is 53.0 Å². The van der Waals surface area contributed by atoms with E-state index in [2.05, 4.69) is 21.2 Å². The Bertz CT molecular complexity index is 752. The van der Waals surface area contributed by atoms with Crippen LogP contribution in [0.2, 0.25) is 0 Å². The summed E-state index contributed by atoms with van der Waals surface area (Å²) in [5.41, 5.74) is 5.14. The van der Waals surface area contributed by atoms with Crippen LogP contribution in [0.25, 0.3) is 0 Å². The van der Waals surface area contributed by atoms with Gasteiger partial charge in [-0.05, 0) is 61.2 Å². The van der Waals surface area contributed by atoms with E-state index < -0.39 is 0 Å². The maximum atomic E-state index is 12.3. The van der Waals surface area contributed by atoms with Gasteiger partial charge in [-0.1, -0.05) is 22.0 Å². The third-order valence-corrected chi connectivity index (χ3v) is 4.26. The van der Waals surface area contributed by atoms with Gasteiger partial charge in [0, 0.05) is 27.0 Å². The third kappa shape index (κ3) is 2.76. The standard InChI is InChI=1S/C17H15BrN2O/c1-10-8-12(18)4-6-14(10)17(21)20-13-5-2-11-3-7-16(19)15(11)9-13/h2,4-6,8-9,19H,3,7H2,1H3,(H,20,21). The van der Waals surface area contributed by atoms with Crippen molar-refractivity contribution in [2.45, 2.75) is 19.8 Å². The highest BCUT2D eigenvalue weighted by molar-refractivity contribution is 9.10. The van der Waals surface area contributed by atoms with Gasteiger partial charge in [-0.2, -0.15) is 0 Å². The minimum Gasteiger partial charge on any atom is -0.322 e. The first-order chi connectivity index (χ1) is 10.0. The van der Waals surface area contributed by atoms with Crippen LogP contribution in [0.5, 0.6) is 0 Å². The van der Waals surface area contributed by atoms with Crippen LogP contribution in [0.15, 0.2) is 40.9 Å². The molecule has 1 aliphatic carbocycles. The lowest BCUT2D eigenvalue weighted by Crippen LogP contribution is -2.13. The minimum absolute atomic E-state index is 0.121. The Balaban J connectivity index is 1.85. The smallest absolute Gasteiger partial charge is 0.255 e. The molecule has 0 unspecified atom stereocenters. The average Bonchev–Trinajstić information content (AvgIpc) is 2.80. The molecule has 2 aromatic carbocycles. The molecule has 1 amide bonds. The van der Waals surface area contributed by atoms with Crippen LogP contribution in [0.1, 0.15) is 33.5 Å². The second-order valence-corrected chi connectivity index (χ2v) is 6.18. The number of halogens is 1. The molecule has 106 valence electrons. The molecule has 0 fully saturated rings. The van der Waals surface area contributed by atoms with Crippen LogP contribution >= 0.6 is 15.9 Å². The van der Waals surface area contributed by atoms with Crippen molar-refractivity contribution in [3.05, 3.63) is 63.1 Å². The maximum Gasteiger partial charge on any atom is 0.255 e. The second kappa shape index (κ2) is 5.45. The molecule has 4 heteroatoms. The van der Waals surface area contributed by atoms with E-state index in [-0.39, 0.29) is 5.91 Å². The van der Waals surface area contributed by atoms with Gasteiger partial charge in [0.05, 0.1) is 0 Å². The predicted octanol–water partition coefficient (Wildman–Crippen LogP) is 4.32. The summed E-state index contributed by atoms with van der Waals surface area (Å²) in [5.74, 6) is -0.121. The molecule has 2 aromatic rings. The van der Waals surface area contributed by atoms with E-state index in [1.54, 1.807) is 0 Å². The molecule has 0 aliphatic heterocycles. The number of rotatable bonds is 2. The predicted molar refractivity (Wildman–Crippen MR) is 88.4 cm³/mol. The van der Waals surface area contributed by atoms with Gasteiger partial charge in [-0.15, -0.1) is 0 Å². The molecule has 3 nitrogen and oxygen atoms in total. The molecule has 2 N–H and O–H groups in total. The molecular weight excluding hydrogens is 328 g/mol. The molecular formula is C17H15BrN2O. The Labute approximate surface area is 132 Å². The Morgan fingerprint density at radius 2 is 2.00 bits per heavy atom. The number of carbonyl (C=O) groups is 1. The quantitative estimate of drug-likeness (QED) is 0.838. The molecule has 0 aromatic heterocycles. The van der Waals surface area contributed by atoms with Crippen molar-refractivity contribution in [3.63, 3.8) is 0 Å². The number of hydrogen-bond acceptors (Lipinski definition) is 2. The van der Waals surface area contributed by atoms with E-state index in [0.29, 0.717) is 11.3 Å². The zero-order valence-corrected chi connectivity index (χ0v) is 13.3. The first-order valence-electron chi connectivity index (χ1n) is 6.83. The van der Waals surface area contributed by atoms with E-state index in [0.717, 1.165) is 34.1 Å². The van der Waals surface area contributed by atoms with Crippen molar-refractivity contribution in [1.29, 1.82) is 5.41 Å². The first kappa shape index (κ1) is 14.0. The van der Waals surface area contributed by atoms with Gasteiger partial charge < -0.3 is 10.7 Å². The Morgan fingerprint density at radius 1 is 1.19 bits per heavy atom. The van der Waals surface area contributed by atoms with Crippen LogP contribution in [0.3, 0.4) is 0 Å². The highest BCUT2D eigenvalue weighted by atomic mass is 79.9. The Kier molecular flexibility index (Phi) is 3.64. The van der Waals surface area contributed by atoms with Gasteiger partial charge >= 0.3 is 0 Å². The van der Waals surface area contributed by atoms with Gasteiger partial charge in [-0.25, -0.2) is 0 Å².